The van der Waals surface area contributed by atoms with Crippen LogP contribution in [0, 0.1) is 11.3 Å². The number of carboxylic acid groups (broad SMARTS) is 1. The average molecular weight is 284 g/mol. The number of rotatable bonds is 5. The monoisotopic (exact) mass is 284 g/mol. The van der Waals surface area contributed by atoms with Crippen molar-refractivity contribution >= 4 is 5.97 Å². The highest BCUT2D eigenvalue weighted by atomic mass is 16.5. The Kier molecular flexibility index (Phi) is 4.36. The molecule has 0 saturated carbocycles. The van der Waals surface area contributed by atoms with Gasteiger partial charge in [0.2, 0.25) is 0 Å². The van der Waals surface area contributed by atoms with Crippen LogP contribution < -0.4 is 9.47 Å². The highest BCUT2D eigenvalue weighted by molar-refractivity contribution is 5.85. The fourth-order valence-corrected chi connectivity index (χ4v) is 1.71. The number of hydrogen-bond acceptors (Lipinski definition) is 5. The number of nitrogens with zero attached hydrogens (tertiary/aromatic N) is 2. The molecule has 0 fully saturated rings. The van der Waals surface area contributed by atoms with Crippen LogP contribution >= 0.6 is 0 Å². The van der Waals surface area contributed by atoms with Gasteiger partial charge in [-0.3, -0.25) is 0 Å². The van der Waals surface area contributed by atoms with Gasteiger partial charge in [-0.2, -0.15) is 5.26 Å². The number of nitriles is 1. The molecule has 1 aromatic heterocycles. The van der Waals surface area contributed by atoms with E-state index in [0.717, 1.165) is 5.56 Å². The fourth-order valence-electron chi connectivity index (χ4n) is 1.71. The van der Waals surface area contributed by atoms with Crippen LogP contribution in [-0.2, 0) is 6.61 Å². The summed E-state index contributed by atoms with van der Waals surface area (Å²) in [5.74, 6) is -0.0431. The van der Waals surface area contributed by atoms with Gasteiger partial charge in [0, 0.05) is 5.56 Å². The van der Waals surface area contributed by atoms with Crippen molar-refractivity contribution in [1.82, 2.24) is 4.98 Å². The van der Waals surface area contributed by atoms with Crippen molar-refractivity contribution in [3.05, 3.63) is 53.3 Å². The Labute approximate surface area is 121 Å². The first-order valence-corrected chi connectivity index (χ1v) is 6.03. The van der Waals surface area contributed by atoms with Gasteiger partial charge in [-0.1, -0.05) is 0 Å². The molecule has 0 aliphatic rings. The van der Waals surface area contributed by atoms with Gasteiger partial charge in [0.1, 0.15) is 23.8 Å². The van der Waals surface area contributed by atoms with Gasteiger partial charge in [-0.15, -0.1) is 0 Å². The van der Waals surface area contributed by atoms with Gasteiger partial charge in [0.25, 0.3) is 0 Å². The van der Waals surface area contributed by atoms with Gasteiger partial charge in [-0.25, -0.2) is 9.78 Å². The number of aromatic nitrogens is 1. The molecule has 6 nitrogen and oxygen atoms in total. The molecule has 2 rings (SSSR count). The molecule has 0 unspecified atom stereocenters. The molecule has 0 aliphatic heterocycles. The van der Waals surface area contributed by atoms with Gasteiger partial charge >= 0.3 is 5.97 Å². The first-order chi connectivity index (χ1) is 10.1. The lowest BCUT2D eigenvalue weighted by molar-refractivity contribution is 0.0690. The van der Waals surface area contributed by atoms with E-state index >= 15 is 0 Å². The van der Waals surface area contributed by atoms with Crippen LogP contribution in [0.25, 0.3) is 0 Å². The minimum Gasteiger partial charge on any atom is -0.496 e. The molecule has 0 saturated heterocycles. The van der Waals surface area contributed by atoms with Crippen molar-refractivity contribution in [3.8, 4) is 17.6 Å². The number of hydrogen-bond donors (Lipinski definition) is 1. The Hall–Kier alpha value is -3.07. The fraction of sp³-hybridized carbons (Fsp3) is 0.133. The number of carbonyl (C=O) groups is 1. The molecule has 0 aliphatic carbocycles. The Morgan fingerprint density at radius 3 is 2.76 bits per heavy atom. The normalized spacial score (nSPS) is 9.71. The molecule has 106 valence electrons. The summed E-state index contributed by atoms with van der Waals surface area (Å²) in [4.78, 5) is 14.5. The Morgan fingerprint density at radius 2 is 2.19 bits per heavy atom. The van der Waals surface area contributed by atoms with Crippen molar-refractivity contribution in [3.63, 3.8) is 0 Å². The van der Waals surface area contributed by atoms with Crippen LogP contribution in [0.4, 0.5) is 0 Å². The van der Waals surface area contributed by atoms with E-state index in [1.54, 1.807) is 18.2 Å². The number of aromatic carboxylic acids is 1. The molecular formula is C15H12N2O4. The Morgan fingerprint density at radius 1 is 1.38 bits per heavy atom. The van der Waals surface area contributed by atoms with E-state index in [0.29, 0.717) is 17.1 Å². The standard InChI is InChI=1S/C15H12N2O4/c1-20-14-5-2-10(7-16)6-11(14)9-21-12-3-4-13(15(18)19)17-8-12/h2-6,8H,9H2,1H3,(H,18,19). The van der Waals surface area contributed by atoms with Gasteiger partial charge < -0.3 is 14.6 Å². The van der Waals surface area contributed by atoms with Crippen molar-refractivity contribution < 1.29 is 19.4 Å². The maximum atomic E-state index is 10.7. The summed E-state index contributed by atoms with van der Waals surface area (Å²) in [6, 6.07) is 9.97. The second kappa shape index (κ2) is 6.39. The largest absolute Gasteiger partial charge is 0.496 e. The lowest BCUT2D eigenvalue weighted by Gasteiger charge is -2.10. The zero-order chi connectivity index (χ0) is 15.2. The van der Waals surface area contributed by atoms with Gasteiger partial charge in [-0.05, 0) is 30.3 Å². The maximum absolute atomic E-state index is 10.7. The molecule has 0 atom stereocenters. The summed E-state index contributed by atoms with van der Waals surface area (Å²) in [5.41, 5.74) is 1.18. The molecule has 1 aromatic carbocycles. The lowest BCUT2D eigenvalue weighted by atomic mass is 10.1. The second-order valence-corrected chi connectivity index (χ2v) is 4.11. The zero-order valence-corrected chi connectivity index (χ0v) is 11.2. The summed E-state index contributed by atoms with van der Waals surface area (Å²) in [6.45, 7) is 0.187. The molecule has 1 N–H and O–H groups in total. The zero-order valence-electron chi connectivity index (χ0n) is 11.2. The van der Waals surface area contributed by atoms with Crippen molar-refractivity contribution in [1.29, 1.82) is 5.26 Å². The SMILES string of the molecule is COc1ccc(C#N)cc1COc1ccc(C(=O)O)nc1. The molecular weight excluding hydrogens is 272 g/mol. The van der Waals surface area contributed by atoms with Gasteiger partial charge in [0.15, 0.2) is 0 Å². The highest BCUT2D eigenvalue weighted by Gasteiger charge is 2.07. The summed E-state index contributed by atoms with van der Waals surface area (Å²) in [6.07, 6.45) is 1.34. The summed E-state index contributed by atoms with van der Waals surface area (Å²) in [7, 11) is 1.54. The predicted molar refractivity (Wildman–Crippen MR) is 73.2 cm³/mol. The van der Waals surface area contributed by atoms with Crippen molar-refractivity contribution in [2.75, 3.05) is 7.11 Å². The van der Waals surface area contributed by atoms with Gasteiger partial charge in [0.05, 0.1) is 24.9 Å². The first-order valence-electron chi connectivity index (χ1n) is 6.03. The molecule has 1 heterocycles. The quantitative estimate of drug-likeness (QED) is 0.905. The summed E-state index contributed by atoms with van der Waals surface area (Å²) >= 11 is 0. The van der Waals surface area contributed by atoms with Crippen LogP contribution in [-0.4, -0.2) is 23.2 Å². The van der Waals surface area contributed by atoms with E-state index in [4.69, 9.17) is 19.8 Å². The third-order valence-electron chi connectivity index (χ3n) is 2.76. The van der Waals surface area contributed by atoms with Crippen molar-refractivity contribution in [2.24, 2.45) is 0 Å². The number of carboxylic acids is 1. The van der Waals surface area contributed by atoms with E-state index in [1.807, 2.05) is 6.07 Å². The third kappa shape index (κ3) is 3.48. The van der Waals surface area contributed by atoms with Crippen LogP contribution in [0.1, 0.15) is 21.6 Å². The number of methoxy groups -OCH3 is 1. The molecule has 0 amide bonds. The van der Waals surface area contributed by atoms with Crippen molar-refractivity contribution in [2.45, 2.75) is 6.61 Å². The maximum Gasteiger partial charge on any atom is 0.354 e. The van der Waals surface area contributed by atoms with Crippen LogP contribution in [0.5, 0.6) is 11.5 Å². The molecule has 21 heavy (non-hydrogen) atoms. The number of pyridine rings is 1. The topological polar surface area (TPSA) is 92.4 Å². The van der Waals surface area contributed by atoms with Crippen LogP contribution in [0.2, 0.25) is 0 Å². The highest BCUT2D eigenvalue weighted by Crippen LogP contribution is 2.21. The van der Waals surface area contributed by atoms with E-state index in [2.05, 4.69) is 4.98 Å². The molecule has 0 bridgehead atoms. The molecule has 6 heteroatoms. The lowest BCUT2D eigenvalue weighted by Crippen LogP contribution is -2.02. The minimum atomic E-state index is -1.09. The molecule has 0 radical (unpaired) electrons. The summed E-state index contributed by atoms with van der Waals surface area (Å²) in [5, 5.41) is 17.7. The average Bonchev–Trinajstić information content (AvgIpc) is 2.52. The third-order valence-corrected chi connectivity index (χ3v) is 2.76. The van der Waals surface area contributed by atoms with E-state index in [-0.39, 0.29) is 12.3 Å². The minimum absolute atomic E-state index is 0.0496. The van der Waals surface area contributed by atoms with E-state index in [1.165, 1.54) is 25.4 Å². The molecule has 0 spiro atoms. The number of benzene rings is 1. The second-order valence-electron chi connectivity index (χ2n) is 4.11. The van der Waals surface area contributed by atoms with E-state index < -0.39 is 5.97 Å². The van der Waals surface area contributed by atoms with E-state index in [9.17, 15) is 4.79 Å². The Balaban J connectivity index is 2.12. The van der Waals surface area contributed by atoms with Crippen LogP contribution in [0.3, 0.4) is 0 Å². The molecule has 2 aromatic rings. The van der Waals surface area contributed by atoms with Crippen LogP contribution in [0.15, 0.2) is 36.5 Å². The smallest absolute Gasteiger partial charge is 0.354 e. The first kappa shape index (κ1) is 14.3. The predicted octanol–water partition coefficient (Wildman–Crippen LogP) is 2.24. The Bertz CT molecular complexity index is 690. The number of ether oxygens (including phenoxy) is 2. The summed E-state index contributed by atoms with van der Waals surface area (Å²) < 4.78 is 10.7.